The van der Waals surface area contributed by atoms with Crippen LogP contribution in [0.5, 0.6) is 0 Å². The minimum atomic E-state index is 0.435. The van der Waals surface area contributed by atoms with E-state index in [-0.39, 0.29) is 0 Å². The van der Waals surface area contributed by atoms with Crippen LogP contribution < -0.4 is 5.32 Å². The van der Waals surface area contributed by atoms with Gasteiger partial charge in [0.15, 0.2) is 0 Å². The first-order chi connectivity index (χ1) is 4.75. The van der Waals surface area contributed by atoms with E-state index in [1.165, 1.54) is 6.42 Å². The molecule has 10 heavy (non-hydrogen) atoms. The monoisotopic (exact) mass is 143 g/mol. The zero-order valence-corrected chi connectivity index (χ0v) is 7.05. The van der Waals surface area contributed by atoms with Crippen molar-refractivity contribution in [3.8, 4) is 0 Å². The van der Waals surface area contributed by atoms with E-state index in [0.29, 0.717) is 12.1 Å². The number of rotatable bonds is 2. The highest BCUT2D eigenvalue weighted by atomic mass is 16.5. The van der Waals surface area contributed by atoms with Gasteiger partial charge in [-0.3, -0.25) is 0 Å². The molecule has 0 aromatic rings. The molecule has 60 valence electrons. The van der Waals surface area contributed by atoms with Crippen LogP contribution in [0.15, 0.2) is 0 Å². The maximum absolute atomic E-state index is 5.56. The summed E-state index contributed by atoms with van der Waals surface area (Å²) in [5.74, 6) is 0.724. The fourth-order valence-electron chi connectivity index (χ4n) is 1.52. The molecular weight excluding hydrogens is 126 g/mol. The Morgan fingerprint density at radius 2 is 2.30 bits per heavy atom. The molecule has 1 fully saturated rings. The molecule has 1 aliphatic rings. The summed E-state index contributed by atoms with van der Waals surface area (Å²) in [6.45, 7) is 5.37. The molecule has 0 radical (unpaired) electrons. The first kappa shape index (κ1) is 8.02. The number of nitrogens with one attached hydrogen (secondary N) is 1. The molecule has 3 unspecified atom stereocenters. The SMILES string of the molecule is CNC(C)C1OCCC1C. The Bertz CT molecular complexity index is 105. The normalized spacial score (nSPS) is 36.3. The average Bonchev–Trinajstić information content (AvgIpc) is 2.34. The van der Waals surface area contributed by atoms with Gasteiger partial charge in [-0.2, -0.15) is 0 Å². The third-order valence-electron chi connectivity index (χ3n) is 2.39. The van der Waals surface area contributed by atoms with E-state index >= 15 is 0 Å². The fourth-order valence-corrected chi connectivity index (χ4v) is 1.52. The first-order valence-electron chi connectivity index (χ1n) is 4.04. The van der Waals surface area contributed by atoms with Crippen LogP contribution in [-0.4, -0.2) is 25.8 Å². The van der Waals surface area contributed by atoms with Gasteiger partial charge in [0.2, 0.25) is 0 Å². The zero-order chi connectivity index (χ0) is 7.56. The third-order valence-corrected chi connectivity index (χ3v) is 2.39. The third kappa shape index (κ3) is 1.50. The van der Waals surface area contributed by atoms with Crippen LogP contribution in [-0.2, 0) is 4.74 Å². The molecule has 1 aliphatic heterocycles. The molecule has 1 heterocycles. The van der Waals surface area contributed by atoms with Gasteiger partial charge >= 0.3 is 0 Å². The largest absolute Gasteiger partial charge is 0.376 e. The highest BCUT2D eigenvalue weighted by Crippen LogP contribution is 2.22. The van der Waals surface area contributed by atoms with Crippen molar-refractivity contribution in [2.75, 3.05) is 13.7 Å². The number of ether oxygens (including phenoxy) is 1. The van der Waals surface area contributed by atoms with Crippen molar-refractivity contribution < 1.29 is 4.74 Å². The van der Waals surface area contributed by atoms with Crippen LogP contribution in [0.2, 0.25) is 0 Å². The maximum Gasteiger partial charge on any atom is 0.0751 e. The Morgan fingerprint density at radius 3 is 2.70 bits per heavy atom. The zero-order valence-electron chi connectivity index (χ0n) is 7.05. The summed E-state index contributed by atoms with van der Waals surface area (Å²) in [5, 5.41) is 3.21. The number of hydrogen-bond donors (Lipinski definition) is 1. The lowest BCUT2D eigenvalue weighted by atomic mass is 9.99. The van der Waals surface area contributed by atoms with Crippen molar-refractivity contribution >= 4 is 0 Å². The molecule has 2 heteroatoms. The average molecular weight is 143 g/mol. The van der Waals surface area contributed by atoms with E-state index in [2.05, 4.69) is 19.2 Å². The second-order valence-electron chi connectivity index (χ2n) is 3.18. The van der Waals surface area contributed by atoms with Crippen molar-refractivity contribution in [1.82, 2.24) is 5.32 Å². The summed E-state index contributed by atoms with van der Waals surface area (Å²) in [4.78, 5) is 0. The summed E-state index contributed by atoms with van der Waals surface area (Å²) in [7, 11) is 1.99. The van der Waals surface area contributed by atoms with Crippen LogP contribution in [0.1, 0.15) is 20.3 Å². The molecule has 3 atom stereocenters. The fraction of sp³-hybridized carbons (Fsp3) is 1.00. The molecule has 0 saturated carbocycles. The van der Waals surface area contributed by atoms with E-state index < -0.39 is 0 Å². The standard InChI is InChI=1S/C8H17NO/c1-6-4-5-10-8(6)7(2)9-3/h6-9H,4-5H2,1-3H3. The summed E-state index contributed by atoms with van der Waals surface area (Å²) in [5.41, 5.74) is 0. The predicted octanol–water partition coefficient (Wildman–Crippen LogP) is 1.02. The van der Waals surface area contributed by atoms with Gasteiger partial charge < -0.3 is 10.1 Å². The van der Waals surface area contributed by atoms with Gasteiger partial charge in [-0.15, -0.1) is 0 Å². The van der Waals surface area contributed by atoms with Crippen LogP contribution in [0.3, 0.4) is 0 Å². The smallest absolute Gasteiger partial charge is 0.0751 e. The van der Waals surface area contributed by atoms with Gasteiger partial charge in [-0.25, -0.2) is 0 Å². The van der Waals surface area contributed by atoms with Crippen LogP contribution in [0.4, 0.5) is 0 Å². The topological polar surface area (TPSA) is 21.3 Å². The van der Waals surface area contributed by atoms with Crippen LogP contribution in [0.25, 0.3) is 0 Å². The molecule has 1 saturated heterocycles. The lowest BCUT2D eigenvalue weighted by Crippen LogP contribution is -2.37. The lowest BCUT2D eigenvalue weighted by molar-refractivity contribution is 0.0687. The van der Waals surface area contributed by atoms with E-state index in [4.69, 9.17) is 4.74 Å². The Balaban J connectivity index is 2.38. The summed E-state index contributed by atoms with van der Waals surface area (Å²) in [6.07, 6.45) is 1.65. The Morgan fingerprint density at radius 1 is 1.60 bits per heavy atom. The first-order valence-corrected chi connectivity index (χ1v) is 4.04. The second kappa shape index (κ2) is 3.35. The van der Waals surface area contributed by atoms with Crippen molar-refractivity contribution in [1.29, 1.82) is 0 Å². The molecule has 1 rings (SSSR count). The Labute approximate surface area is 63.0 Å². The van der Waals surface area contributed by atoms with E-state index in [0.717, 1.165) is 12.5 Å². The minimum absolute atomic E-state index is 0.435. The van der Waals surface area contributed by atoms with Gasteiger partial charge in [0.25, 0.3) is 0 Å². The molecule has 0 aliphatic carbocycles. The quantitative estimate of drug-likeness (QED) is 0.623. The lowest BCUT2D eigenvalue weighted by Gasteiger charge is -2.21. The Kier molecular flexibility index (Phi) is 2.69. The Hall–Kier alpha value is -0.0800. The number of hydrogen-bond acceptors (Lipinski definition) is 2. The molecule has 0 aromatic heterocycles. The summed E-state index contributed by atoms with van der Waals surface area (Å²) < 4.78 is 5.56. The second-order valence-corrected chi connectivity index (χ2v) is 3.18. The summed E-state index contributed by atoms with van der Waals surface area (Å²) >= 11 is 0. The van der Waals surface area contributed by atoms with Crippen molar-refractivity contribution in [3.05, 3.63) is 0 Å². The van der Waals surface area contributed by atoms with Crippen LogP contribution >= 0.6 is 0 Å². The summed E-state index contributed by atoms with van der Waals surface area (Å²) in [6, 6.07) is 0.498. The predicted molar refractivity (Wildman–Crippen MR) is 42.0 cm³/mol. The molecular formula is C8H17NO. The molecule has 0 spiro atoms. The molecule has 0 amide bonds. The minimum Gasteiger partial charge on any atom is -0.376 e. The van der Waals surface area contributed by atoms with Crippen LogP contribution in [0, 0.1) is 5.92 Å². The highest BCUT2D eigenvalue weighted by molar-refractivity contribution is 4.80. The molecule has 0 bridgehead atoms. The van der Waals surface area contributed by atoms with Crippen molar-refractivity contribution in [3.63, 3.8) is 0 Å². The van der Waals surface area contributed by atoms with Crippen molar-refractivity contribution in [2.45, 2.75) is 32.4 Å². The number of likely N-dealkylation sites (N-methyl/N-ethyl adjacent to an activating group) is 1. The van der Waals surface area contributed by atoms with E-state index in [1.807, 2.05) is 7.05 Å². The van der Waals surface area contributed by atoms with Gasteiger partial charge in [-0.1, -0.05) is 6.92 Å². The molecule has 0 aromatic carbocycles. The highest BCUT2D eigenvalue weighted by Gasteiger charge is 2.28. The maximum atomic E-state index is 5.56. The molecule has 2 nitrogen and oxygen atoms in total. The van der Waals surface area contributed by atoms with Gasteiger partial charge in [0.1, 0.15) is 0 Å². The van der Waals surface area contributed by atoms with E-state index in [1.54, 1.807) is 0 Å². The van der Waals surface area contributed by atoms with Gasteiger partial charge in [-0.05, 0) is 26.3 Å². The van der Waals surface area contributed by atoms with Gasteiger partial charge in [0, 0.05) is 12.6 Å². The van der Waals surface area contributed by atoms with Gasteiger partial charge in [0.05, 0.1) is 6.10 Å². The molecule has 1 N–H and O–H groups in total. The van der Waals surface area contributed by atoms with Crippen molar-refractivity contribution in [2.24, 2.45) is 5.92 Å². The van der Waals surface area contributed by atoms with E-state index in [9.17, 15) is 0 Å².